The lowest BCUT2D eigenvalue weighted by Crippen LogP contribution is -2.14. The molecule has 0 aliphatic heterocycles. The van der Waals surface area contributed by atoms with Crippen molar-refractivity contribution < 1.29 is 4.74 Å². The third-order valence-electron chi connectivity index (χ3n) is 3.91. The van der Waals surface area contributed by atoms with E-state index in [0.29, 0.717) is 0 Å². The lowest BCUT2D eigenvalue weighted by Gasteiger charge is -2.15. The molecule has 0 amide bonds. The van der Waals surface area contributed by atoms with E-state index >= 15 is 0 Å². The molecule has 0 radical (unpaired) electrons. The van der Waals surface area contributed by atoms with Crippen LogP contribution in [0.5, 0.6) is 0 Å². The molecule has 0 saturated carbocycles. The highest BCUT2D eigenvalue weighted by atomic mass is 16.5. The Balaban J connectivity index is 2.32. The highest BCUT2D eigenvalue weighted by Crippen LogP contribution is 2.14. The number of ether oxygens (including phenoxy) is 1. The molecule has 1 aromatic rings. The Bertz CT molecular complexity index is 364. The van der Waals surface area contributed by atoms with E-state index in [0.717, 1.165) is 32.2 Å². The number of rotatable bonds is 12. The van der Waals surface area contributed by atoms with Crippen molar-refractivity contribution in [1.82, 2.24) is 5.32 Å². The summed E-state index contributed by atoms with van der Waals surface area (Å²) in [5, 5.41) is 3.44. The Morgan fingerprint density at radius 3 is 2.62 bits per heavy atom. The Labute approximate surface area is 131 Å². The Morgan fingerprint density at radius 2 is 1.90 bits per heavy atom. The molecule has 21 heavy (non-hydrogen) atoms. The minimum Gasteiger partial charge on any atom is -0.376 e. The van der Waals surface area contributed by atoms with E-state index in [4.69, 9.17) is 4.74 Å². The Hall–Kier alpha value is -0.860. The molecule has 120 valence electrons. The molecule has 1 N–H and O–H groups in total. The molecule has 0 spiro atoms. The predicted octanol–water partition coefficient (Wildman–Crippen LogP) is 4.92. The molecule has 1 atom stereocenters. The van der Waals surface area contributed by atoms with E-state index in [2.05, 4.69) is 50.4 Å². The first-order valence-electron chi connectivity index (χ1n) is 8.66. The SMILES string of the molecule is CCCCC(CC)COCc1cccc(CNCCC)c1. The predicted molar refractivity (Wildman–Crippen MR) is 91.4 cm³/mol. The van der Waals surface area contributed by atoms with Crippen molar-refractivity contribution in [2.75, 3.05) is 13.2 Å². The summed E-state index contributed by atoms with van der Waals surface area (Å²) in [7, 11) is 0. The third-order valence-corrected chi connectivity index (χ3v) is 3.91. The normalized spacial score (nSPS) is 12.5. The lowest BCUT2D eigenvalue weighted by atomic mass is 10.0. The van der Waals surface area contributed by atoms with Gasteiger partial charge in [-0.2, -0.15) is 0 Å². The number of nitrogens with one attached hydrogen (secondary N) is 1. The van der Waals surface area contributed by atoms with Gasteiger partial charge in [0.2, 0.25) is 0 Å². The van der Waals surface area contributed by atoms with Crippen molar-refractivity contribution >= 4 is 0 Å². The second-order valence-electron chi connectivity index (χ2n) is 5.93. The van der Waals surface area contributed by atoms with Crippen LogP contribution in [0.1, 0.15) is 64.0 Å². The van der Waals surface area contributed by atoms with E-state index in [1.165, 1.54) is 43.2 Å². The van der Waals surface area contributed by atoms with E-state index < -0.39 is 0 Å². The fourth-order valence-electron chi connectivity index (χ4n) is 2.48. The lowest BCUT2D eigenvalue weighted by molar-refractivity contribution is 0.0819. The molecule has 0 bridgehead atoms. The fourth-order valence-corrected chi connectivity index (χ4v) is 2.48. The van der Waals surface area contributed by atoms with Gasteiger partial charge in [0.25, 0.3) is 0 Å². The van der Waals surface area contributed by atoms with Gasteiger partial charge in [0.05, 0.1) is 6.61 Å². The Morgan fingerprint density at radius 1 is 1.10 bits per heavy atom. The molecular formula is C19H33NO. The first-order valence-corrected chi connectivity index (χ1v) is 8.66. The van der Waals surface area contributed by atoms with Crippen molar-refractivity contribution in [2.45, 2.75) is 66.0 Å². The monoisotopic (exact) mass is 291 g/mol. The number of hydrogen-bond donors (Lipinski definition) is 1. The highest BCUT2D eigenvalue weighted by molar-refractivity contribution is 5.22. The summed E-state index contributed by atoms with van der Waals surface area (Å²) in [6.45, 7) is 10.4. The molecule has 2 heteroatoms. The van der Waals surface area contributed by atoms with Gasteiger partial charge in [0, 0.05) is 13.2 Å². The molecule has 0 aliphatic carbocycles. The summed E-state index contributed by atoms with van der Waals surface area (Å²) < 4.78 is 5.93. The van der Waals surface area contributed by atoms with Gasteiger partial charge in [0.1, 0.15) is 0 Å². The summed E-state index contributed by atoms with van der Waals surface area (Å²) in [4.78, 5) is 0. The quantitative estimate of drug-likeness (QED) is 0.552. The van der Waals surface area contributed by atoms with Crippen LogP contribution in [0, 0.1) is 5.92 Å². The fraction of sp³-hybridized carbons (Fsp3) is 0.684. The summed E-state index contributed by atoms with van der Waals surface area (Å²) >= 11 is 0. The summed E-state index contributed by atoms with van der Waals surface area (Å²) in [6, 6.07) is 8.74. The van der Waals surface area contributed by atoms with Crippen LogP contribution < -0.4 is 5.32 Å². The smallest absolute Gasteiger partial charge is 0.0717 e. The zero-order chi connectivity index (χ0) is 15.3. The molecule has 1 aromatic carbocycles. The van der Waals surface area contributed by atoms with E-state index in [1.807, 2.05) is 0 Å². The van der Waals surface area contributed by atoms with Gasteiger partial charge in [-0.1, -0.05) is 64.3 Å². The maximum absolute atomic E-state index is 5.93. The van der Waals surface area contributed by atoms with Gasteiger partial charge in [-0.05, 0) is 36.4 Å². The molecule has 0 fully saturated rings. The molecule has 0 aromatic heterocycles. The minimum absolute atomic E-state index is 0.722. The van der Waals surface area contributed by atoms with E-state index in [1.54, 1.807) is 0 Å². The first-order chi connectivity index (χ1) is 10.3. The number of hydrogen-bond acceptors (Lipinski definition) is 2. The molecule has 1 unspecified atom stereocenters. The van der Waals surface area contributed by atoms with Crippen molar-refractivity contribution in [3.05, 3.63) is 35.4 Å². The van der Waals surface area contributed by atoms with Crippen LogP contribution in [0.25, 0.3) is 0 Å². The second-order valence-corrected chi connectivity index (χ2v) is 5.93. The van der Waals surface area contributed by atoms with Crippen LogP contribution in [-0.2, 0) is 17.9 Å². The van der Waals surface area contributed by atoms with E-state index in [9.17, 15) is 0 Å². The van der Waals surface area contributed by atoms with E-state index in [-0.39, 0.29) is 0 Å². The van der Waals surface area contributed by atoms with Crippen LogP contribution in [0.4, 0.5) is 0 Å². The number of unbranched alkanes of at least 4 members (excludes halogenated alkanes) is 1. The van der Waals surface area contributed by atoms with Gasteiger partial charge in [0.15, 0.2) is 0 Å². The summed E-state index contributed by atoms with van der Waals surface area (Å²) in [5.74, 6) is 0.722. The summed E-state index contributed by atoms with van der Waals surface area (Å²) in [6.07, 6.45) is 6.30. The van der Waals surface area contributed by atoms with Crippen LogP contribution in [0.15, 0.2) is 24.3 Å². The van der Waals surface area contributed by atoms with Crippen molar-refractivity contribution in [2.24, 2.45) is 5.92 Å². The first kappa shape index (κ1) is 18.2. The molecule has 0 saturated heterocycles. The maximum atomic E-state index is 5.93. The Kier molecular flexibility index (Phi) is 10.2. The molecular weight excluding hydrogens is 258 g/mol. The minimum atomic E-state index is 0.722. The van der Waals surface area contributed by atoms with Crippen LogP contribution in [0.3, 0.4) is 0 Å². The maximum Gasteiger partial charge on any atom is 0.0717 e. The van der Waals surface area contributed by atoms with Gasteiger partial charge in [-0.25, -0.2) is 0 Å². The standard InChI is InChI=1S/C19H33NO/c1-4-7-9-17(6-3)15-21-16-19-11-8-10-18(13-19)14-20-12-5-2/h8,10-11,13,17,20H,4-7,9,12,14-16H2,1-3H3. The molecule has 2 nitrogen and oxygen atoms in total. The highest BCUT2D eigenvalue weighted by Gasteiger charge is 2.06. The van der Waals surface area contributed by atoms with Gasteiger partial charge in [-0.15, -0.1) is 0 Å². The zero-order valence-corrected chi connectivity index (χ0v) is 14.2. The topological polar surface area (TPSA) is 21.3 Å². The van der Waals surface area contributed by atoms with Gasteiger partial charge in [-0.3, -0.25) is 0 Å². The van der Waals surface area contributed by atoms with Crippen molar-refractivity contribution in [3.8, 4) is 0 Å². The van der Waals surface area contributed by atoms with Crippen LogP contribution in [0.2, 0.25) is 0 Å². The molecule has 1 rings (SSSR count). The average Bonchev–Trinajstić information content (AvgIpc) is 2.51. The average molecular weight is 291 g/mol. The van der Waals surface area contributed by atoms with Gasteiger partial charge >= 0.3 is 0 Å². The largest absolute Gasteiger partial charge is 0.376 e. The zero-order valence-electron chi connectivity index (χ0n) is 14.2. The van der Waals surface area contributed by atoms with Crippen molar-refractivity contribution in [1.29, 1.82) is 0 Å². The third kappa shape index (κ3) is 8.23. The molecule has 0 heterocycles. The van der Waals surface area contributed by atoms with Crippen LogP contribution in [-0.4, -0.2) is 13.2 Å². The molecule has 0 aliphatic rings. The van der Waals surface area contributed by atoms with Crippen molar-refractivity contribution in [3.63, 3.8) is 0 Å². The van der Waals surface area contributed by atoms with Gasteiger partial charge < -0.3 is 10.1 Å². The second kappa shape index (κ2) is 11.8. The summed E-state index contributed by atoms with van der Waals surface area (Å²) in [5.41, 5.74) is 2.64. The number of benzene rings is 1. The van der Waals surface area contributed by atoms with Crippen LogP contribution >= 0.6 is 0 Å².